The Kier molecular flexibility index (Phi) is 6.50. The maximum Gasteiger partial charge on any atom is 0.159 e. The van der Waals surface area contributed by atoms with Crippen LogP contribution in [-0.2, 0) is 24.4 Å². The van der Waals surface area contributed by atoms with Crippen molar-refractivity contribution >= 4 is 22.4 Å². The Bertz CT molecular complexity index is 960. The van der Waals surface area contributed by atoms with E-state index in [0.717, 1.165) is 62.4 Å². The van der Waals surface area contributed by atoms with Gasteiger partial charge < -0.3 is 20.3 Å². The van der Waals surface area contributed by atoms with Gasteiger partial charge in [0.15, 0.2) is 5.65 Å². The minimum absolute atomic E-state index is 0.423. The molecule has 0 saturated carbocycles. The van der Waals surface area contributed by atoms with Crippen LogP contribution >= 0.6 is 0 Å². The van der Waals surface area contributed by atoms with E-state index in [1.807, 2.05) is 17.1 Å². The number of aromatic nitrogens is 3. The molecule has 0 amide bonds. The second kappa shape index (κ2) is 9.45. The molecule has 30 heavy (non-hydrogen) atoms. The molecule has 0 bridgehead atoms. The lowest BCUT2D eigenvalue weighted by Gasteiger charge is -2.26. The Morgan fingerprint density at radius 2 is 1.87 bits per heavy atom. The zero-order chi connectivity index (χ0) is 20.9. The first-order chi connectivity index (χ1) is 14.7. The number of pyridine rings is 1. The number of hydrogen-bond donors (Lipinski definition) is 2. The minimum Gasteiger partial charge on any atom is -0.381 e. The highest BCUT2D eigenvalue weighted by atomic mass is 16.5. The molecule has 0 radical (unpaired) electrons. The first-order valence-corrected chi connectivity index (χ1v) is 10.8. The third-order valence-electron chi connectivity index (χ3n) is 5.71. The van der Waals surface area contributed by atoms with Crippen molar-refractivity contribution in [2.75, 3.05) is 37.5 Å². The van der Waals surface area contributed by atoms with Gasteiger partial charge in [0.05, 0.1) is 17.3 Å². The average Bonchev–Trinajstić information content (AvgIpc) is 3.19. The Morgan fingerprint density at radius 3 is 2.57 bits per heavy atom. The van der Waals surface area contributed by atoms with Crippen LogP contribution in [0.2, 0.25) is 0 Å². The molecule has 3 heterocycles. The molecule has 1 fully saturated rings. The standard InChI is InChI=1S/C23H32N6O/c1-4-29-23-21(16-26-29)22(27-19-9-11-30-12-10-19)18(15-25-23)14-24-13-17-5-7-20(8-6-17)28(2)3/h5-8,15-16,19,24H,4,9-14H2,1-3H3,(H,25,27). The van der Waals surface area contributed by atoms with E-state index >= 15 is 0 Å². The van der Waals surface area contributed by atoms with Crippen LogP contribution in [0.25, 0.3) is 11.0 Å². The summed E-state index contributed by atoms with van der Waals surface area (Å²) >= 11 is 0. The van der Waals surface area contributed by atoms with Gasteiger partial charge in [-0.05, 0) is 37.5 Å². The maximum absolute atomic E-state index is 5.53. The van der Waals surface area contributed by atoms with Crippen molar-refractivity contribution in [2.45, 2.75) is 45.4 Å². The quantitative estimate of drug-likeness (QED) is 0.596. The molecule has 1 saturated heterocycles. The van der Waals surface area contributed by atoms with Crippen molar-refractivity contribution in [3.8, 4) is 0 Å². The normalized spacial score (nSPS) is 14.9. The van der Waals surface area contributed by atoms with E-state index in [1.54, 1.807) is 0 Å². The van der Waals surface area contributed by atoms with Gasteiger partial charge >= 0.3 is 0 Å². The number of benzene rings is 1. The Hall–Kier alpha value is -2.64. The van der Waals surface area contributed by atoms with Gasteiger partial charge in [0.2, 0.25) is 0 Å². The minimum atomic E-state index is 0.423. The largest absolute Gasteiger partial charge is 0.381 e. The van der Waals surface area contributed by atoms with Gasteiger partial charge in [-0.15, -0.1) is 0 Å². The Balaban J connectivity index is 1.51. The van der Waals surface area contributed by atoms with Gasteiger partial charge in [-0.2, -0.15) is 5.10 Å². The summed E-state index contributed by atoms with van der Waals surface area (Å²) in [7, 11) is 4.12. The molecule has 7 heteroatoms. The molecule has 0 unspecified atom stereocenters. The fraction of sp³-hybridized carbons (Fsp3) is 0.478. The molecule has 7 nitrogen and oxygen atoms in total. The summed E-state index contributed by atoms with van der Waals surface area (Å²) in [6.45, 7) is 6.11. The van der Waals surface area contributed by atoms with E-state index in [9.17, 15) is 0 Å². The number of fused-ring (bicyclic) bond motifs is 1. The van der Waals surface area contributed by atoms with Crippen LogP contribution in [0.4, 0.5) is 11.4 Å². The van der Waals surface area contributed by atoms with Crippen molar-refractivity contribution in [2.24, 2.45) is 0 Å². The summed E-state index contributed by atoms with van der Waals surface area (Å²) in [5.74, 6) is 0. The van der Waals surface area contributed by atoms with E-state index in [0.29, 0.717) is 6.04 Å². The number of hydrogen-bond acceptors (Lipinski definition) is 6. The maximum atomic E-state index is 5.53. The molecule has 2 aromatic heterocycles. The first kappa shape index (κ1) is 20.6. The van der Waals surface area contributed by atoms with Crippen molar-refractivity contribution in [3.05, 3.63) is 47.8 Å². The molecular weight excluding hydrogens is 376 g/mol. The number of rotatable bonds is 8. The summed E-state index contributed by atoms with van der Waals surface area (Å²) in [6.07, 6.45) is 5.98. The lowest BCUT2D eigenvalue weighted by atomic mass is 10.1. The molecule has 1 aromatic carbocycles. The van der Waals surface area contributed by atoms with Crippen LogP contribution in [0.15, 0.2) is 36.7 Å². The number of anilines is 2. The molecule has 0 atom stereocenters. The molecular formula is C23H32N6O. The lowest BCUT2D eigenvalue weighted by molar-refractivity contribution is 0.0904. The number of nitrogens with one attached hydrogen (secondary N) is 2. The predicted molar refractivity (Wildman–Crippen MR) is 122 cm³/mol. The predicted octanol–water partition coefficient (Wildman–Crippen LogP) is 3.40. The third kappa shape index (κ3) is 4.57. The fourth-order valence-corrected chi connectivity index (χ4v) is 3.90. The van der Waals surface area contributed by atoms with Gasteiger partial charge in [-0.3, -0.25) is 0 Å². The van der Waals surface area contributed by atoms with Crippen molar-refractivity contribution < 1.29 is 4.74 Å². The number of nitrogens with zero attached hydrogens (tertiary/aromatic N) is 4. The smallest absolute Gasteiger partial charge is 0.159 e. The monoisotopic (exact) mass is 408 g/mol. The fourth-order valence-electron chi connectivity index (χ4n) is 3.90. The second-order valence-corrected chi connectivity index (χ2v) is 8.05. The third-order valence-corrected chi connectivity index (χ3v) is 5.71. The molecule has 160 valence electrons. The Labute approximate surface area is 178 Å². The molecule has 0 aliphatic carbocycles. The summed E-state index contributed by atoms with van der Waals surface area (Å²) in [5, 5.41) is 13.0. The van der Waals surface area contributed by atoms with Gasteiger partial charge in [-0.25, -0.2) is 9.67 Å². The van der Waals surface area contributed by atoms with Crippen LogP contribution in [0.3, 0.4) is 0 Å². The van der Waals surface area contributed by atoms with Crippen LogP contribution in [0, 0.1) is 0 Å². The van der Waals surface area contributed by atoms with Crippen molar-refractivity contribution in [3.63, 3.8) is 0 Å². The highest BCUT2D eigenvalue weighted by Gasteiger charge is 2.18. The number of aryl methyl sites for hydroxylation is 1. The van der Waals surface area contributed by atoms with Crippen molar-refractivity contribution in [1.82, 2.24) is 20.1 Å². The zero-order valence-electron chi connectivity index (χ0n) is 18.2. The van der Waals surface area contributed by atoms with Gasteiger partial charge in [0, 0.05) is 70.4 Å². The van der Waals surface area contributed by atoms with E-state index in [2.05, 4.69) is 65.9 Å². The highest BCUT2D eigenvalue weighted by molar-refractivity contribution is 5.90. The molecule has 0 spiro atoms. The van der Waals surface area contributed by atoms with Crippen molar-refractivity contribution in [1.29, 1.82) is 0 Å². The Morgan fingerprint density at radius 1 is 1.10 bits per heavy atom. The van der Waals surface area contributed by atoms with Crippen LogP contribution in [0.5, 0.6) is 0 Å². The lowest BCUT2D eigenvalue weighted by Crippen LogP contribution is -2.28. The summed E-state index contributed by atoms with van der Waals surface area (Å²) in [6, 6.07) is 9.09. The van der Waals surface area contributed by atoms with Gasteiger partial charge in [0.25, 0.3) is 0 Å². The summed E-state index contributed by atoms with van der Waals surface area (Å²) < 4.78 is 7.48. The molecule has 3 aromatic rings. The van der Waals surface area contributed by atoms with Gasteiger partial charge in [0.1, 0.15) is 0 Å². The highest BCUT2D eigenvalue weighted by Crippen LogP contribution is 2.28. The van der Waals surface area contributed by atoms with E-state index in [4.69, 9.17) is 9.72 Å². The van der Waals surface area contributed by atoms with Crippen LogP contribution in [0.1, 0.15) is 30.9 Å². The first-order valence-electron chi connectivity index (χ1n) is 10.8. The molecule has 1 aliphatic rings. The SMILES string of the molecule is CCn1ncc2c(NC3CCOCC3)c(CNCc3ccc(N(C)C)cc3)cnc21. The van der Waals surface area contributed by atoms with Crippen LogP contribution < -0.4 is 15.5 Å². The summed E-state index contributed by atoms with van der Waals surface area (Å²) in [5.41, 5.74) is 5.75. The van der Waals surface area contributed by atoms with E-state index in [-0.39, 0.29) is 0 Å². The average molecular weight is 409 g/mol. The van der Waals surface area contributed by atoms with E-state index in [1.165, 1.54) is 16.8 Å². The second-order valence-electron chi connectivity index (χ2n) is 8.05. The summed E-state index contributed by atoms with van der Waals surface area (Å²) in [4.78, 5) is 6.83. The molecule has 2 N–H and O–H groups in total. The molecule has 1 aliphatic heterocycles. The topological polar surface area (TPSA) is 67.2 Å². The van der Waals surface area contributed by atoms with E-state index < -0.39 is 0 Å². The zero-order valence-corrected chi connectivity index (χ0v) is 18.2. The van der Waals surface area contributed by atoms with Gasteiger partial charge in [-0.1, -0.05) is 12.1 Å². The van der Waals surface area contributed by atoms with Crippen LogP contribution in [-0.4, -0.2) is 48.1 Å². The molecule has 4 rings (SSSR count). The number of ether oxygens (including phenoxy) is 1.